The number of anilines is 1. The standard InChI is InChI=1S/C15H16F2N2O2/c1-9(4-5-10-3-2-6-21-10)19-14-7-11(15(18)20)12(16)8-13(14)17/h2-3,6-9,19H,4-5H2,1H3,(H2,18,20). The van der Waals surface area contributed by atoms with Crippen LogP contribution in [-0.4, -0.2) is 11.9 Å². The van der Waals surface area contributed by atoms with E-state index in [1.54, 1.807) is 12.3 Å². The maximum Gasteiger partial charge on any atom is 0.251 e. The summed E-state index contributed by atoms with van der Waals surface area (Å²) in [7, 11) is 0. The van der Waals surface area contributed by atoms with Crippen LogP contribution in [0.3, 0.4) is 0 Å². The van der Waals surface area contributed by atoms with Gasteiger partial charge in [-0.05, 0) is 31.5 Å². The number of nitrogens with one attached hydrogen (secondary N) is 1. The van der Waals surface area contributed by atoms with Crippen LogP contribution in [0.25, 0.3) is 0 Å². The van der Waals surface area contributed by atoms with Gasteiger partial charge >= 0.3 is 0 Å². The smallest absolute Gasteiger partial charge is 0.251 e. The van der Waals surface area contributed by atoms with E-state index in [-0.39, 0.29) is 17.3 Å². The fraction of sp³-hybridized carbons (Fsp3) is 0.267. The lowest BCUT2D eigenvalue weighted by Gasteiger charge is -2.16. The molecule has 1 aromatic heterocycles. The molecule has 0 bridgehead atoms. The maximum absolute atomic E-state index is 13.7. The molecule has 6 heteroatoms. The molecule has 1 unspecified atom stereocenters. The molecule has 1 atom stereocenters. The van der Waals surface area contributed by atoms with Gasteiger partial charge < -0.3 is 15.5 Å². The summed E-state index contributed by atoms with van der Waals surface area (Å²) in [6, 6.07) is 5.32. The lowest BCUT2D eigenvalue weighted by molar-refractivity contribution is 0.0996. The molecular formula is C15H16F2N2O2. The summed E-state index contributed by atoms with van der Waals surface area (Å²) in [5.74, 6) is -1.82. The molecule has 0 aliphatic rings. The van der Waals surface area contributed by atoms with Gasteiger partial charge in [-0.15, -0.1) is 0 Å². The van der Waals surface area contributed by atoms with Crippen molar-refractivity contribution in [1.29, 1.82) is 0 Å². The Labute approximate surface area is 120 Å². The highest BCUT2D eigenvalue weighted by Gasteiger charge is 2.15. The van der Waals surface area contributed by atoms with Crippen molar-refractivity contribution < 1.29 is 18.0 Å². The summed E-state index contributed by atoms with van der Waals surface area (Å²) in [4.78, 5) is 11.1. The van der Waals surface area contributed by atoms with Crippen LogP contribution in [0.5, 0.6) is 0 Å². The number of carbonyl (C=O) groups is 1. The molecule has 1 heterocycles. The summed E-state index contributed by atoms with van der Waals surface area (Å²) in [5.41, 5.74) is 4.76. The Kier molecular flexibility index (Phi) is 4.57. The summed E-state index contributed by atoms with van der Waals surface area (Å²) < 4.78 is 32.3. The Bertz CT molecular complexity index is 627. The first-order valence-corrected chi connectivity index (χ1v) is 6.55. The Morgan fingerprint density at radius 2 is 2.14 bits per heavy atom. The van der Waals surface area contributed by atoms with Crippen LogP contribution in [0, 0.1) is 11.6 Å². The first-order valence-electron chi connectivity index (χ1n) is 6.55. The average molecular weight is 294 g/mol. The number of halogens is 2. The molecule has 0 saturated carbocycles. The number of furan rings is 1. The number of primary amides is 1. The van der Waals surface area contributed by atoms with E-state index >= 15 is 0 Å². The summed E-state index contributed by atoms with van der Waals surface area (Å²) in [6.07, 6.45) is 2.97. The lowest BCUT2D eigenvalue weighted by Crippen LogP contribution is -2.19. The van der Waals surface area contributed by atoms with Crippen LogP contribution < -0.4 is 11.1 Å². The van der Waals surface area contributed by atoms with Crippen LogP contribution in [0.2, 0.25) is 0 Å². The number of nitrogens with two attached hydrogens (primary N) is 1. The molecule has 0 spiro atoms. The molecule has 0 radical (unpaired) electrons. The van der Waals surface area contributed by atoms with Gasteiger partial charge in [0.25, 0.3) is 5.91 Å². The highest BCUT2D eigenvalue weighted by Crippen LogP contribution is 2.21. The molecule has 0 saturated heterocycles. The number of aryl methyl sites for hydroxylation is 1. The normalized spacial score (nSPS) is 12.1. The third-order valence-electron chi connectivity index (χ3n) is 3.13. The number of carbonyl (C=O) groups excluding carboxylic acids is 1. The van der Waals surface area contributed by atoms with E-state index in [2.05, 4.69) is 5.32 Å². The Hall–Kier alpha value is -2.37. The van der Waals surface area contributed by atoms with Crippen LogP contribution in [0.4, 0.5) is 14.5 Å². The lowest BCUT2D eigenvalue weighted by atomic mass is 10.1. The minimum Gasteiger partial charge on any atom is -0.469 e. The van der Waals surface area contributed by atoms with Crippen molar-refractivity contribution >= 4 is 11.6 Å². The fourth-order valence-corrected chi connectivity index (χ4v) is 2.00. The van der Waals surface area contributed by atoms with Crippen molar-refractivity contribution in [2.75, 3.05) is 5.32 Å². The second-order valence-electron chi connectivity index (χ2n) is 4.84. The molecule has 1 aromatic carbocycles. The van der Waals surface area contributed by atoms with Crippen molar-refractivity contribution in [2.45, 2.75) is 25.8 Å². The van der Waals surface area contributed by atoms with Crippen LogP contribution in [0.1, 0.15) is 29.5 Å². The van der Waals surface area contributed by atoms with Gasteiger partial charge in [-0.1, -0.05) is 0 Å². The Morgan fingerprint density at radius 1 is 1.38 bits per heavy atom. The number of hydrogen-bond acceptors (Lipinski definition) is 3. The monoisotopic (exact) mass is 294 g/mol. The van der Waals surface area contributed by atoms with E-state index in [9.17, 15) is 13.6 Å². The van der Waals surface area contributed by atoms with Gasteiger partial charge in [0.05, 0.1) is 17.5 Å². The Balaban J connectivity index is 2.04. The molecule has 1 amide bonds. The van der Waals surface area contributed by atoms with E-state index in [4.69, 9.17) is 10.2 Å². The van der Waals surface area contributed by atoms with Gasteiger partial charge in [0.2, 0.25) is 0 Å². The summed E-state index contributed by atoms with van der Waals surface area (Å²) in [6.45, 7) is 1.86. The first-order chi connectivity index (χ1) is 9.97. The fourth-order valence-electron chi connectivity index (χ4n) is 2.00. The number of hydrogen-bond donors (Lipinski definition) is 2. The molecular weight excluding hydrogens is 278 g/mol. The molecule has 4 nitrogen and oxygen atoms in total. The maximum atomic E-state index is 13.7. The van der Waals surface area contributed by atoms with Gasteiger partial charge in [0, 0.05) is 18.5 Å². The largest absolute Gasteiger partial charge is 0.469 e. The summed E-state index contributed by atoms with van der Waals surface area (Å²) in [5, 5.41) is 2.90. The van der Waals surface area contributed by atoms with Gasteiger partial charge in [-0.25, -0.2) is 8.78 Å². The molecule has 112 valence electrons. The van der Waals surface area contributed by atoms with Crippen LogP contribution in [0.15, 0.2) is 34.9 Å². The van der Waals surface area contributed by atoms with E-state index in [1.165, 1.54) is 0 Å². The molecule has 2 aromatic rings. The number of rotatable bonds is 6. The molecule has 0 aliphatic heterocycles. The first kappa shape index (κ1) is 15.0. The van der Waals surface area contributed by atoms with E-state index in [0.717, 1.165) is 11.8 Å². The topological polar surface area (TPSA) is 68.3 Å². The van der Waals surface area contributed by atoms with E-state index in [0.29, 0.717) is 18.9 Å². The molecule has 0 aliphatic carbocycles. The van der Waals surface area contributed by atoms with Crippen molar-refractivity contribution in [1.82, 2.24) is 0 Å². The number of benzene rings is 1. The van der Waals surface area contributed by atoms with Gasteiger partial charge in [0.15, 0.2) is 0 Å². The quantitative estimate of drug-likeness (QED) is 0.860. The third-order valence-corrected chi connectivity index (χ3v) is 3.13. The molecule has 21 heavy (non-hydrogen) atoms. The minimum absolute atomic E-state index is 0.0529. The predicted octanol–water partition coefficient (Wildman–Crippen LogP) is 3.09. The van der Waals surface area contributed by atoms with Crippen molar-refractivity contribution in [2.24, 2.45) is 5.73 Å². The van der Waals surface area contributed by atoms with Gasteiger partial charge in [0.1, 0.15) is 17.4 Å². The zero-order chi connectivity index (χ0) is 15.4. The Morgan fingerprint density at radius 3 is 2.76 bits per heavy atom. The molecule has 3 N–H and O–H groups in total. The second kappa shape index (κ2) is 6.39. The zero-order valence-electron chi connectivity index (χ0n) is 11.5. The summed E-state index contributed by atoms with van der Waals surface area (Å²) >= 11 is 0. The average Bonchev–Trinajstić information content (AvgIpc) is 2.92. The highest BCUT2D eigenvalue weighted by molar-refractivity contribution is 5.94. The van der Waals surface area contributed by atoms with Gasteiger partial charge in [-0.2, -0.15) is 0 Å². The van der Waals surface area contributed by atoms with Crippen molar-refractivity contribution in [3.05, 3.63) is 53.5 Å². The molecule has 2 rings (SSSR count). The van der Waals surface area contributed by atoms with E-state index < -0.39 is 17.5 Å². The predicted molar refractivity (Wildman–Crippen MR) is 75.0 cm³/mol. The molecule has 0 fully saturated rings. The third kappa shape index (κ3) is 3.81. The zero-order valence-corrected chi connectivity index (χ0v) is 11.5. The van der Waals surface area contributed by atoms with Crippen molar-refractivity contribution in [3.63, 3.8) is 0 Å². The van der Waals surface area contributed by atoms with Crippen LogP contribution >= 0.6 is 0 Å². The SMILES string of the molecule is CC(CCc1ccco1)Nc1cc(C(N)=O)c(F)cc1F. The second-order valence-corrected chi connectivity index (χ2v) is 4.84. The minimum atomic E-state index is -0.964. The number of amides is 1. The van der Waals surface area contributed by atoms with E-state index in [1.807, 2.05) is 13.0 Å². The van der Waals surface area contributed by atoms with Crippen LogP contribution in [-0.2, 0) is 6.42 Å². The highest BCUT2D eigenvalue weighted by atomic mass is 19.1. The van der Waals surface area contributed by atoms with Gasteiger partial charge in [-0.3, -0.25) is 4.79 Å². The van der Waals surface area contributed by atoms with Crippen molar-refractivity contribution in [3.8, 4) is 0 Å².